The zero-order valence-corrected chi connectivity index (χ0v) is 16.9. The van der Waals surface area contributed by atoms with Gasteiger partial charge in [0.15, 0.2) is 3.95 Å². The summed E-state index contributed by atoms with van der Waals surface area (Å²) in [5.41, 5.74) is 2.88. The van der Waals surface area contributed by atoms with Crippen LogP contribution in [-0.2, 0) is 4.79 Å². The number of rotatable bonds is 3. The molecule has 0 bridgehead atoms. The summed E-state index contributed by atoms with van der Waals surface area (Å²) in [6, 6.07) is 11.4. The van der Waals surface area contributed by atoms with Gasteiger partial charge in [0, 0.05) is 10.2 Å². The second-order valence-electron chi connectivity index (χ2n) is 5.73. The molecule has 2 N–H and O–H groups in total. The molecule has 0 saturated heterocycles. The molecule has 0 fully saturated rings. The first kappa shape index (κ1) is 18.8. The molecule has 10 heteroatoms. The molecule has 0 unspecified atom stereocenters. The van der Waals surface area contributed by atoms with Crippen molar-refractivity contribution in [2.24, 2.45) is 4.99 Å². The van der Waals surface area contributed by atoms with Crippen LogP contribution in [0.1, 0.15) is 15.2 Å². The molecule has 0 spiro atoms. The van der Waals surface area contributed by atoms with Gasteiger partial charge in [-0.3, -0.25) is 15.0 Å². The maximum atomic E-state index is 12.5. The normalized spacial score (nSPS) is 12.6. The van der Waals surface area contributed by atoms with Crippen molar-refractivity contribution in [3.63, 3.8) is 0 Å². The van der Waals surface area contributed by atoms with Gasteiger partial charge in [-0.15, -0.1) is 0 Å². The van der Waals surface area contributed by atoms with Crippen molar-refractivity contribution in [1.82, 2.24) is 4.68 Å². The Bertz CT molecular complexity index is 1340. The third-order valence-electron chi connectivity index (χ3n) is 4.01. The number of aromatic hydroxyl groups is 1. The molecule has 3 aromatic rings. The Kier molecular flexibility index (Phi) is 4.80. The lowest BCUT2D eigenvalue weighted by atomic mass is 10.1. The number of carbonyl (C=O) groups is 2. The zero-order valence-electron chi connectivity index (χ0n) is 13.8. The molecule has 2 amide bonds. The van der Waals surface area contributed by atoms with Crippen LogP contribution >= 0.6 is 46.8 Å². The van der Waals surface area contributed by atoms with E-state index in [2.05, 4.69) is 10.4 Å². The van der Waals surface area contributed by atoms with Gasteiger partial charge >= 0.3 is 0 Å². The van der Waals surface area contributed by atoms with E-state index in [9.17, 15) is 14.7 Å². The smallest absolute Gasteiger partial charge is 0.279 e. The molecule has 0 saturated carbocycles. The van der Waals surface area contributed by atoms with Gasteiger partial charge in [-0.25, -0.2) is 4.99 Å². The first-order valence-electron chi connectivity index (χ1n) is 7.81. The Hall–Kier alpha value is -2.52. The van der Waals surface area contributed by atoms with Crippen molar-refractivity contribution in [3.05, 3.63) is 77.5 Å². The fraction of sp³-hybridized carbons (Fsp3) is 0. The molecular formula is C18H9Cl2N3O3S2. The van der Waals surface area contributed by atoms with Gasteiger partial charge in [-0.1, -0.05) is 52.7 Å². The largest absolute Gasteiger partial charge is 0.492 e. The Balaban J connectivity index is 1.78. The van der Waals surface area contributed by atoms with Gasteiger partial charge in [0.05, 0.1) is 21.5 Å². The summed E-state index contributed by atoms with van der Waals surface area (Å²) in [6.07, 6.45) is 0. The number of para-hydroxylation sites is 1. The summed E-state index contributed by atoms with van der Waals surface area (Å²) < 4.78 is 1.18. The number of hydrogen-bond donors (Lipinski definition) is 2. The molecule has 6 nitrogen and oxygen atoms in total. The molecule has 4 rings (SSSR count). The van der Waals surface area contributed by atoms with Crippen LogP contribution in [0.3, 0.4) is 0 Å². The quantitative estimate of drug-likeness (QED) is 0.601. The van der Waals surface area contributed by atoms with Crippen LogP contribution < -0.4 is 16.0 Å². The monoisotopic (exact) mass is 449 g/mol. The highest BCUT2D eigenvalue weighted by Gasteiger charge is 2.26. The Morgan fingerprint density at radius 3 is 2.71 bits per heavy atom. The number of hydrogen-bond acceptors (Lipinski definition) is 5. The van der Waals surface area contributed by atoms with E-state index in [1.54, 1.807) is 24.3 Å². The number of benzene rings is 2. The van der Waals surface area contributed by atoms with E-state index in [1.807, 2.05) is 0 Å². The lowest BCUT2D eigenvalue weighted by Crippen LogP contribution is -2.23. The van der Waals surface area contributed by atoms with Crippen molar-refractivity contribution >= 4 is 64.1 Å². The molecular weight excluding hydrogens is 441 g/mol. The minimum atomic E-state index is -0.592. The number of nitrogens with one attached hydrogen (secondary N) is 1. The van der Waals surface area contributed by atoms with Crippen LogP contribution in [-0.4, -0.2) is 21.6 Å². The first-order chi connectivity index (χ1) is 13.4. The molecule has 0 aliphatic carbocycles. The van der Waals surface area contributed by atoms with Gasteiger partial charge in [-0.05, 0) is 36.5 Å². The summed E-state index contributed by atoms with van der Waals surface area (Å²) >= 11 is 18.1. The van der Waals surface area contributed by atoms with Crippen LogP contribution in [0, 0.1) is 3.95 Å². The number of amides is 2. The number of aromatic nitrogens is 1. The summed E-state index contributed by atoms with van der Waals surface area (Å²) in [6.45, 7) is 0. The van der Waals surface area contributed by atoms with Crippen molar-refractivity contribution < 1.29 is 14.7 Å². The van der Waals surface area contributed by atoms with Gasteiger partial charge in [0.1, 0.15) is 4.88 Å². The summed E-state index contributed by atoms with van der Waals surface area (Å²) in [5, 5.41) is 12.3. The Morgan fingerprint density at radius 1 is 1.21 bits per heavy atom. The van der Waals surface area contributed by atoms with Crippen molar-refractivity contribution in [1.29, 1.82) is 0 Å². The van der Waals surface area contributed by atoms with Gasteiger partial charge in [-0.2, -0.15) is 4.68 Å². The van der Waals surface area contributed by atoms with Crippen LogP contribution in [0.25, 0.3) is 5.57 Å². The van der Waals surface area contributed by atoms with Crippen molar-refractivity contribution in [2.75, 3.05) is 5.43 Å². The topological polar surface area (TPSA) is 83.7 Å². The predicted octanol–water partition coefficient (Wildman–Crippen LogP) is 3.03. The first-order valence-corrected chi connectivity index (χ1v) is 9.79. The van der Waals surface area contributed by atoms with Crippen LogP contribution in [0.2, 0.25) is 10.0 Å². The minimum Gasteiger partial charge on any atom is -0.492 e. The van der Waals surface area contributed by atoms with Crippen molar-refractivity contribution in [2.45, 2.75) is 0 Å². The number of fused-ring (bicyclic) bond motifs is 1. The Morgan fingerprint density at radius 2 is 1.96 bits per heavy atom. The third kappa shape index (κ3) is 3.14. The van der Waals surface area contributed by atoms with Crippen LogP contribution in [0.4, 0.5) is 0 Å². The number of thiazole rings is 1. The maximum Gasteiger partial charge on any atom is 0.279 e. The minimum absolute atomic E-state index is 0.149. The van der Waals surface area contributed by atoms with E-state index in [-0.39, 0.29) is 30.9 Å². The molecule has 0 atom stereocenters. The zero-order chi connectivity index (χ0) is 20.0. The third-order valence-corrected chi connectivity index (χ3v) is 5.94. The molecule has 140 valence electrons. The molecule has 1 aliphatic rings. The van der Waals surface area contributed by atoms with E-state index in [0.29, 0.717) is 15.6 Å². The van der Waals surface area contributed by atoms with Crippen molar-refractivity contribution in [3.8, 4) is 5.88 Å². The SMILES string of the molecule is O=C1N=c2ccccc2=C1c1sc(=S)n(NC(=O)c2ccc(Cl)cc2Cl)c1O. The summed E-state index contributed by atoms with van der Waals surface area (Å²) in [4.78, 5) is 29.1. The fourth-order valence-corrected chi connectivity index (χ4v) is 4.50. The number of carbonyl (C=O) groups excluding carboxylic acids is 2. The lowest BCUT2D eigenvalue weighted by Gasteiger charge is -2.09. The van der Waals surface area contributed by atoms with Gasteiger partial charge < -0.3 is 5.11 Å². The van der Waals surface area contributed by atoms with E-state index in [1.165, 1.54) is 18.2 Å². The fourth-order valence-electron chi connectivity index (χ4n) is 2.75. The molecule has 28 heavy (non-hydrogen) atoms. The van der Waals surface area contributed by atoms with E-state index in [4.69, 9.17) is 35.4 Å². The van der Waals surface area contributed by atoms with Gasteiger partial charge in [0.2, 0.25) is 5.88 Å². The average Bonchev–Trinajstić information content (AvgIpc) is 3.11. The highest BCUT2D eigenvalue weighted by atomic mass is 35.5. The molecule has 2 heterocycles. The number of nitrogens with zero attached hydrogens (tertiary/aromatic N) is 2. The molecule has 1 aromatic heterocycles. The standard InChI is InChI=1S/C18H9Cl2N3O3S2/c19-8-5-6-9(11(20)7-8)15(24)22-23-17(26)14(28-18(23)27)13-10-3-1-2-4-12(10)21-16(13)25/h1-7,26H,(H,22,24). The van der Waals surface area contributed by atoms with Gasteiger partial charge in [0.25, 0.3) is 11.8 Å². The number of halogens is 2. The lowest BCUT2D eigenvalue weighted by molar-refractivity contribution is -0.112. The van der Waals surface area contributed by atoms with E-state index < -0.39 is 11.8 Å². The summed E-state index contributed by atoms with van der Waals surface area (Å²) in [7, 11) is 0. The molecule has 0 radical (unpaired) electrons. The highest BCUT2D eigenvalue weighted by molar-refractivity contribution is 7.73. The second-order valence-corrected chi connectivity index (χ2v) is 8.22. The molecule has 1 aliphatic heterocycles. The van der Waals surface area contributed by atoms with Crippen LogP contribution in [0.15, 0.2) is 47.5 Å². The highest BCUT2D eigenvalue weighted by Crippen LogP contribution is 2.32. The summed E-state index contributed by atoms with van der Waals surface area (Å²) in [5.74, 6) is -1.43. The van der Waals surface area contributed by atoms with E-state index >= 15 is 0 Å². The molecule has 2 aromatic carbocycles. The Labute approximate surface area is 177 Å². The average molecular weight is 450 g/mol. The maximum absolute atomic E-state index is 12.5. The van der Waals surface area contributed by atoms with Crippen LogP contribution in [0.5, 0.6) is 5.88 Å². The predicted molar refractivity (Wildman–Crippen MR) is 110 cm³/mol. The second kappa shape index (κ2) is 7.14. The van der Waals surface area contributed by atoms with E-state index in [0.717, 1.165) is 16.0 Å².